The van der Waals surface area contributed by atoms with Crippen molar-refractivity contribution in [2.45, 2.75) is 70.4 Å². The van der Waals surface area contributed by atoms with Crippen LogP contribution < -0.4 is 10.1 Å². The van der Waals surface area contributed by atoms with Crippen molar-refractivity contribution in [3.63, 3.8) is 0 Å². The van der Waals surface area contributed by atoms with E-state index >= 15 is 0 Å². The van der Waals surface area contributed by atoms with Gasteiger partial charge < -0.3 is 15.2 Å². The minimum atomic E-state index is -0.768. The number of carbonyl (C=O) groups excluding carboxylic acids is 1. The quantitative estimate of drug-likeness (QED) is 0.419. The maximum absolute atomic E-state index is 13.0. The second-order valence-electron chi connectivity index (χ2n) is 10.6. The van der Waals surface area contributed by atoms with E-state index < -0.39 is 12.1 Å². The van der Waals surface area contributed by atoms with Crippen molar-refractivity contribution in [2.75, 3.05) is 7.11 Å². The summed E-state index contributed by atoms with van der Waals surface area (Å²) in [5, 5.41) is 13.6. The molecule has 1 amide bonds. The third-order valence-electron chi connectivity index (χ3n) is 7.24. The van der Waals surface area contributed by atoms with Crippen LogP contribution in [0.4, 0.5) is 0 Å². The standard InChI is InChI=1S/C29H35NO3S/c1-18(26(31)19-10-8-7-9-11-19)30-27(32)25-13-12-24(34-25)20-16-21-22(17-23(20)33-6)29(4,5)15-14-28(21,2)3/h7-13,16-18,26,31H,14-15H2,1-6H3,(H,30,32)/t18-,26-/m0/s1. The SMILES string of the molecule is COc1cc2c(cc1-c1ccc(C(=O)N[C@@H](C)[C@H](O)c3ccccc3)s1)C(C)(C)CCC2(C)C. The molecule has 5 heteroatoms. The van der Waals surface area contributed by atoms with Gasteiger partial charge in [-0.25, -0.2) is 0 Å². The van der Waals surface area contributed by atoms with E-state index in [2.05, 4.69) is 45.1 Å². The third kappa shape index (κ3) is 4.64. The molecule has 0 radical (unpaired) electrons. The van der Waals surface area contributed by atoms with Crippen molar-refractivity contribution in [2.24, 2.45) is 0 Å². The van der Waals surface area contributed by atoms with Gasteiger partial charge in [0, 0.05) is 10.4 Å². The smallest absolute Gasteiger partial charge is 0.261 e. The number of ether oxygens (including phenoxy) is 1. The van der Waals surface area contributed by atoms with Gasteiger partial charge in [-0.15, -0.1) is 11.3 Å². The van der Waals surface area contributed by atoms with Crippen LogP contribution in [0.2, 0.25) is 0 Å². The number of nitrogens with one attached hydrogen (secondary N) is 1. The number of carbonyl (C=O) groups is 1. The molecule has 0 saturated carbocycles. The minimum Gasteiger partial charge on any atom is -0.496 e. The summed E-state index contributed by atoms with van der Waals surface area (Å²) in [7, 11) is 1.71. The van der Waals surface area contributed by atoms with Crippen LogP contribution >= 0.6 is 11.3 Å². The highest BCUT2D eigenvalue weighted by molar-refractivity contribution is 7.17. The lowest BCUT2D eigenvalue weighted by Gasteiger charge is -2.42. The maximum Gasteiger partial charge on any atom is 0.261 e. The van der Waals surface area contributed by atoms with Gasteiger partial charge in [0.15, 0.2) is 0 Å². The van der Waals surface area contributed by atoms with E-state index in [1.165, 1.54) is 22.5 Å². The molecule has 0 spiro atoms. The largest absolute Gasteiger partial charge is 0.496 e. The molecule has 0 aliphatic heterocycles. The predicted octanol–water partition coefficient (Wildman–Crippen LogP) is 6.62. The first-order valence-electron chi connectivity index (χ1n) is 11.9. The van der Waals surface area contributed by atoms with Gasteiger partial charge in [0.05, 0.1) is 24.1 Å². The van der Waals surface area contributed by atoms with E-state index in [9.17, 15) is 9.90 Å². The summed E-state index contributed by atoms with van der Waals surface area (Å²) in [6.45, 7) is 11.0. The van der Waals surface area contributed by atoms with Crippen LogP contribution in [0.3, 0.4) is 0 Å². The highest BCUT2D eigenvalue weighted by Crippen LogP contribution is 2.49. The molecule has 34 heavy (non-hydrogen) atoms. The van der Waals surface area contributed by atoms with Gasteiger partial charge >= 0.3 is 0 Å². The van der Waals surface area contributed by atoms with Crippen molar-refractivity contribution < 1.29 is 14.6 Å². The number of aliphatic hydroxyl groups is 1. The fourth-order valence-corrected chi connectivity index (χ4v) is 5.79. The first kappa shape index (κ1) is 24.5. The average Bonchev–Trinajstić information content (AvgIpc) is 3.31. The van der Waals surface area contributed by atoms with Crippen LogP contribution in [0, 0.1) is 0 Å². The number of hydrogen-bond donors (Lipinski definition) is 2. The molecule has 0 fully saturated rings. The maximum atomic E-state index is 13.0. The number of methoxy groups -OCH3 is 1. The zero-order valence-electron chi connectivity index (χ0n) is 20.9. The monoisotopic (exact) mass is 477 g/mol. The molecule has 0 bridgehead atoms. The van der Waals surface area contributed by atoms with Gasteiger partial charge in [-0.3, -0.25) is 4.79 Å². The van der Waals surface area contributed by atoms with E-state index in [1.54, 1.807) is 7.11 Å². The number of aliphatic hydroxyl groups excluding tert-OH is 1. The Labute approximate surface area is 207 Å². The van der Waals surface area contributed by atoms with Crippen LogP contribution in [0.5, 0.6) is 5.75 Å². The topological polar surface area (TPSA) is 58.6 Å². The molecule has 1 aliphatic rings. The van der Waals surface area contributed by atoms with Crippen molar-refractivity contribution >= 4 is 17.2 Å². The Morgan fingerprint density at radius 3 is 2.24 bits per heavy atom. The molecule has 180 valence electrons. The molecule has 4 nitrogen and oxygen atoms in total. The average molecular weight is 478 g/mol. The van der Waals surface area contributed by atoms with E-state index in [-0.39, 0.29) is 16.7 Å². The number of rotatable bonds is 6. The summed E-state index contributed by atoms with van der Waals surface area (Å²) < 4.78 is 5.82. The Bertz CT molecular complexity index is 1180. The Kier molecular flexibility index (Phi) is 6.63. The van der Waals surface area contributed by atoms with Crippen LogP contribution in [0.1, 0.15) is 79.9 Å². The van der Waals surface area contributed by atoms with Gasteiger partial charge in [-0.2, -0.15) is 0 Å². The van der Waals surface area contributed by atoms with E-state index in [0.29, 0.717) is 4.88 Å². The fourth-order valence-electron chi connectivity index (χ4n) is 4.86. The van der Waals surface area contributed by atoms with Crippen LogP contribution in [-0.4, -0.2) is 24.2 Å². The molecule has 1 aromatic heterocycles. The molecule has 2 atom stereocenters. The van der Waals surface area contributed by atoms with E-state index in [4.69, 9.17) is 4.74 Å². The zero-order chi connectivity index (χ0) is 24.7. The molecule has 4 rings (SSSR count). The molecule has 0 saturated heterocycles. The van der Waals surface area contributed by atoms with Gasteiger partial charge in [0.25, 0.3) is 5.91 Å². The van der Waals surface area contributed by atoms with Crippen molar-refractivity contribution in [1.82, 2.24) is 5.32 Å². The molecular weight excluding hydrogens is 442 g/mol. The summed E-state index contributed by atoms with van der Waals surface area (Å²) >= 11 is 1.45. The molecule has 1 heterocycles. The molecular formula is C29H35NO3S. The van der Waals surface area contributed by atoms with Gasteiger partial charge in [0.2, 0.25) is 0 Å². The van der Waals surface area contributed by atoms with Gasteiger partial charge in [-0.1, -0.05) is 58.0 Å². The Balaban J connectivity index is 1.61. The van der Waals surface area contributed by atoms with E-state index in [1.807, 2.05) is 49.4 Å². The lowest BCUT2D eigenvalue weighted by atomic mass is 9.63. The first-order chi connectivity index (χ1) is 16.0. The molecule has 2 aromatic carbocycles. The van der Waals surface area contributed by atoms with Gasteiger partial charge in [0.1, 0.15) is 5.75 Å². The summed E-state index contributed by atoms with van der Waals surface area (Å²) in [4.78, 5) is 14.6. The van der Waals surface area contributed by atoms with E-state index in [0.717, 1.165) is 34.6 Å². The van der Waals surface area contributed by atoms with Crippen molar-refractivity contribution in [1.29, 1.82) is 0 Å². The number of fused-ring (bicyclic) bond motifs is 1. The summed E-state index contributed by atoms with van der Waals surface area (Å²) in [6, 6.07) is 17.3. The van der Waals surface area contributed by atoms with Crippen molar-refractivity contribution in [3.8, 4) is 16.2 Å². The van der Waals surface area contributed by atoms with Gasteiger partial charge in [-0.05, 0) is 71.6 Å². The molecule has 2 N–H and O–H groups in total. The van der Waals surface area contributed by atoms with Crippen LogP contribution in [-0.2, 0) is 10.8 Å². The second kappa shape index (κ2) is 9.20. The zero-order valence-corrected chi connectivity index (χ0v) is 21.8. The summed E-state index contributed by atoms with van der Waals surface area (Å²) in [6.07, 6.45) is 1.51. The number of hydrogen-bond acceptors (Lipinski definition) is 4. The normalized spacial score (nSPS) is 18.0. The third-order valence-corrected chi connectivity index (χ3v) is 8.36. The highest BCUT2D eigenvalue weighted by atomic mass is 32.1. The fraction of sp³-hybridized carbons (Fsp3) is 0.414. The number of benzene rings is 2. The Morgan fingerprint density at radius 1 is 1.00 bits per heavy atom. The number of thiophene rings is 1. The Hall–Kier alpha value is -2.63. The summed E-state index contributed by atoms with van der Waals surface area (Å²) in [5.74, 6) is 0.656. The first-order valence-corrected chi connectivity index (χ1v) is 12.7. The van der Waals surface area contributed by atoms with Crippen molar-refractivity contribution in [3.05, 3.63) is 76.2 Å². The minimum absolute atomic E-state index is 0.0896. The predicted molar refractivity (Wildman–Crippen MR) is 140 cm³/mol. The molecule has 0 unspecified atom stereocenters. The second-order valence-corrected chi connectivity index (χ2v) is 11.7. The molecule has 3 aromatic rings. The number of amides is 1. The highest BCUT2D eigenvalue weighted by Gasteiger charge is 2.38. The summed E-state index contributed by atoms with van der Waals surface area (Å²) in [5.41, 5.74) is 4.71. The lowest BCUT2D eigenvalue weighted by Crippen LogP contribution is -2.36. The molecule has 1 aliphatic carbocycles. The van der Waals surface area contributed by atoms with Crippen LogP contribution in [0.25, 0.3) is 10.4 Å². The van der Waals surface area contributed by atoms with Crippen LogP contribution in [0.15, 0.2) is 54.6 Å². The Morgan fingerprint density at radius 2 is 1.62 bits per heavy atom. The lowest BCUT2D eigenvalue weighted by molar-refractivity contribution is 0.0856.